The second-order valence-corrected chi connectivity index (χ2v) is 6.50. The van der Waals surface area contributed by atoms with E-state index in [1.165, 1.54) is 17.2 Å². The molecule has 0 saturated carbocycles. The third-order valence-corrected chi connectivity index (χ3v) is 4.78. The molecular weight excluding hydrogens is 304 g/mol. The fourth-order valence-corrected chi connectivity index (χ4v) is 3.49. The smallest absolute Gasteiger partial charge is 0.246 e. The first-order valence-electron chi connectivity index (χ1n) is 8.57. The van der Waals surface area contributed by atoms with Crippen molar-refractivity contribution in [3.05, 3.63) is 48.0 Å². The number of carbonyl (C=O) groups excluding carboxylic acids is 1. The van der Waals surface area contributed by atoms with E-state index in [0.717, 1.165) is 26.3 Å². The van der Waals surface area contributed by atoms with Crippen molar-refractivity contribution < 1.29 is 14.3 Å². The van der Waals surface area contributed by atoms with E-state index in [9.17, 15) is 4.79 Å². The number of carbonyl (C=O) groups is 1. The molecule has 0 radical (unpaired) electrons. The van der Waals surface area contributed by atoms with Crippen LogP contribution in [0.4, 0.5) is 0 Å². The van der Waals surface area contributed by atoms with Gasteiger partial charge in [0.2, 0.25) is 5.91 Å². The molecule has 0 aromatic heterocycles. The van der Waals surface area contributed by atoms with E-state index < -0.39 is 0 Å². The lowest BCUT2D eigenvalue weighted by Crippen LogP contribution is -2.49. The van der Waals surface area contributed by atoms with Gasteiger partial charge in [0.1, 0.15) is 0 Å². The van der Waals surface area contributed by atoms with Crippen LogP contribution in [0.2, 0.25) is 0 Å². The predicted octanol–water partition coefficient (Wildman–Crippen LogP) is 1.61. The average molecular weight is 330 g/mol. The molecule has 0 N–H and O–H groups in total. The average Bonchev–Trinajstić information content (AvgIpc) is 3.04. The molecule has 2 saturated heterocycles. The monoisotopic (exact) mass is 330 g/mol. The molecule has 2 aliphatic rings. The highest BCUT2D eigenvalue weighted by Gasteiger charge is 2.39. The van der Waals surface area contributed by atoms with Gasteiger partial charge in [-0.2, -0.15) is 0 Å². The maximum atomic E-state index is 12.0. The number of hydrogen-bond acceptors (Lipinski definition) is 4. The van der Waals surface area contributed by atoms with Crippen LogP contribution < -0.4 is 0 Å². The Hall–Kier alpha value is -1.69. The van der Waals surface area contributed by atoms with Gasteiger partial charge in [0.25, 0.3) is 0 Å². The maximum absolute atomic E-state index is 12.0. The van der Waals surface area contributed by atoms with Crippen LogP contribution in [0, 0.1) is 6.92 Å². The minimum absolute atomic E-state index is 0.0186. The molecule has 130 valence electrons. The van der Waals surface area contributed by atoms with Crippen molar-refractivity contribution in [2.75, 3.05) is 39.4 Å². The molecule has 0 aliphatic carbocycles. The number of ether oxygens (including phenoxy) is 2. The summed E-state index contributed by atoms with van der Waals surface area (Å²) in [7, 11) is 0. The molecule has 0 unspecified atom stereocenters. The molecule has 0 spiro atoms. The SMILES string of the molecule is C=CC(=O)N1C[C@@H](N2CCOCC2)[C@H](OCc2cccc(C)c2)C1. The van der Waals surface area contributed by atoms with Crippen molar-refractivity contribution >= 4 is 5.91 Å². The number of rotatable bonds is 5. The van der Waals surface area contributed by atoms with E-state index in [2.05, 4.69) is 42.7 Å². The van der Waals surface area contributed by atoms with Crippen LogP contribution >= 0.6 is 0 Å². The van der Waals surface area contributed by atoms with Crippen LogP contribution in [0.3, 0.4) is 0 Å². The maximum Gasteiger partial charge on any atom is 0.246 e. The highest BCUT2D eigenvalue weighted by atomic mass is 16.5. The summed E-state index contributed by atoms with van der Waals surface area (Å²) in [6, 6.07) is 8.59. The van der Waals surface area contributed by atoms with E-state index in [1.54, 1.807) is 0 Å². The fraction of sp³-hybridized carbons (Fsp3) is 0.526. The number of nitrogens with zero attached hydrogens (tertiary/aromatic N) is 2. The summed E-state index contributed by atoms with van der Waals surface area (Å²) in [5.41, 5.74) is 2.40. The van der Waals surface area contributed by atoms with E-state index >= 15 is 0 Å². The molecule has 3 rings (SSSR count). The second-order valence-electron chi connectivity index (χ2n) is 6.50. The highest BCUT2D eigenvalue weighted by Crippen LogP contribution is 2.22. The molecule has 1 amide bonds. The Morgan fingerprint density at radius 1 is 1.38 bits per heavy atom. The molecule has 1 aromatic carbocycles. The summed E-state index contributed by atoms with van der Waals surface area (Å²) in [5, 5.41) is 0. The summed E-state index contributed by atoms with van der Waals surface area (Å²) in [5.74, 6) is -0.0186. The zero-order valence-corrected chi connectivity index (χ0v) is 14.3. The van der Waals surface area contributed by atoms with Crippen LogP contribution in [-0.4, -0.2) is 67.2 Å². The standard InChI is InChI=1S/C19H26N2O3/c1-3-19(22)21-12-17(20-7-9-23-10-8-20)18(13-21)24-14-16-6-4-5-15(2)11-16/h3-6,11,17-18H,1,7-10,12-14H2,2H3/t17-,18-/m1/s1. The van der Waals surface area contributed by atoms with Gasteiger partial charge in [0.15, 0.2) is 0 Å². The van der Waals surface area contributed by atoms with E-state index in [0.29, 0.717) is 19.7 Å². The Labute approximate surface area is 143 Å². The summed E-state index contributed by atoms with van der Waals surface area (Å²) >= 11 is 0. The lowest BCUT2D eigenvalue weighted by molar-refractivity contribution is -0.125. The third-order valence-electron chi connectivity index (χ3n) is 4.78. The minimum Gasteiger partial charge on any atom is -0.379 e. The Morgan fingerprint density at radius 2 is 2.17 bits per heavy atom. The number of benzene rings is 1. The first-order chi connectivity index (χ1) is 11.7. The summed E-state index contributed by atoms with van der Waals surface area (Å²) in [4.78, 5) is 16.2. The topological polar surface area (TPSA) is 42.0 Å². The Kier molecular flexibility index (Phi) is 5.66. The normalized spacial score (nSPS) is 25.0. The summed E-state index contributed by atoms with van der Waals surface area (Å²) in [6.45, 7) is 10.9. The van der Waals surface area contributed by atoms with E-state index in [4.69, 9.17) is 9.47 Å². The minimum atomic E-state index is -0.0186. The van der Waals surface area contributed by atoms with Crippen molar-refractivity contribution in [3.8, 4) is 0 Å². The number of aryl methyl sites for hydroxylation is 1. The van der Waals surface area contributed by atoms with Crippen molar-refractivity contribution in [2.45, 2.75) is 25.7 Å². The lowest BCUT2D eigenvalue weighted by atomic mass is 10.1. The Bertz CT molecular complexity index is 584. The number of hydrogen-bond donors (Lipinski definition) is 0. The van der Waals surface area contributed by atoms with Gasteiger partial charge < -0.3 is 14.4 Å². The van der Waals surface area contributed by atoms with Crippen LogP contribution in [0.5, 0.6) is 0 Å². The van der Waals surface area contributed by atoms with Crippen molar-refractivity contribution in [1.29, 1.82) is 0 Å². The number of likely N-dealkylation sites (tertiary alicyclic amines) is 1. The van der Waals surface area contributed by atoms with Crippen LogP contribution in [0.1, 0.15) is 11.1 Å². The van der Waals surface area contributed by atoms with Gasteiger partial charge in [-0.25, -0.2) is 0 Å². The molecule has 2 aliphatic heterocycles. The van der Waals surface area contributed by atoms with Gasteiger partial charge in [0, 0.05) is 26.2 Å². The zero-order valence-electron chi connectivity index (χ0n) is 14.3. The molecule has 2 atom stereocenters. The van der Waals surface area contributed by atoms with Gasteiger partial charge in [-0.05, 0) is 18.6 Å². The van der Waals surface area contributed by atoms with Crippen molar-refractivity contribution in [3.63, 3.8) is 0 Å². The van der Waals surface area contributed by atoms with Gasteiger partial charge >= 0.3 is 0 Å². The highest BCUT2D eigenvalue weighted by molar-refractivity contribution is 5.87. The van der Waals surface area contributed by atoms with Gasteiger partial charge in [-0.15, -0.1) is 0 Å². The molecule has 5 nitrogen and oxygen atoms in total. The first-order valence-corrected chi connectivity index (χ1v) is 8.57. The fourth-order valence-electron chi connectivity index (χ4n) is 3.49. The number of amides is 1. The third kappa shape index (κ3) is 4.04. The van der Waals surface area contributed by atoms with Gasteiger partial charge in [-0.1, -0.05) is 36.4 Å². The van der Waals surface area contributed by atoms with E-state index in [-0.39, 0.29) is 18.1 Å². The molecule has 1 aromatic rings. The van der Waals surface area contributed by atoms with Crippen LogP contribution in [0.15, 0.2) is 36.9 Å². The number of morpholine rings is 1. The molecule has 2 heterocycles. The van der Waals surface area contributed by atoms with Crippen LogP contribution in [0.25, 0.3) is 0 Å². The summed E-state index contributed by atoms with van der Waals surface area (Å²) in [6.07, 6.45) is 1.41. The van der Waals surface area contributed by atoms with Gasteiger partial charge in [0.05, 0.1) is 32.0 Å². The van der Waals surface area contributed by atoms with Crippen molar-refractivity contribution in [2.24, 2.45) is 0 Å². The molecule has 2 fully saturated rings. The van der Waals surface area contributed by atoms with E-state index in [1.807, 2.05) is 4.90 Å². The molecule has 5 heteroatoms. The molecule has 24 heavy (non-hydrogen) atoms. The zero-order chi connectivity index (χ0) is 16.9. The Balaban J connectivity index is 1.67. The predicted molar refractivity (Wildman–Crippen MR) is 92.7 cm³/mol. The Morgan fingerprint density at radius 3 is 2.88 bits per heavy atom. The first kappa shape index (κ1) is 17.1. The van der Waals surface area contributed by atoms with Crippen LogP contribution in [-0.2, 0) is 20.9 Å². The quantitative estimate of drug-likeness (QED) is 0.769. The largest absolute Gasteiger partial charge is 0.379 e. The molecular formula is C19H26N2O3. The summed E-state index contributed by atoms with van der Waals surface area (Å²) < 4.78 is 11.7. The second kappa shape index (κ2) is 7.92. The lowest BCUT2D eigenvalue weighted by Gasteiger charge is -2.34. The van der Waals surface area contributed by atoms with Gasteiger partial charge in [-0.3, -0.25) is 9.69 Å². The van der Waals surface area contributed by atoms with Crippen molar-refractivity contribution in [1.82, 2.24) is 9.80 Å². The molecule has 0 bridgehead atoms.